The van der Waals surface area contributed by atoms with Crippen molar-refractivity contribution < 1.29 is 24.2 Å². The molecule has 0 bridgehead atoms. The number of aliphatic hydroxyl groups is 1. The van der Waals surface area contributed by atoms with Gasteiger partial charge in [0, 0.05) is 0 Å². The molecule has 4 atom stereocenters. The minimum absolute atomic E-state index is 0.115. The number of carbonyl (C=O) groups is 2. The van der Waals surface area contributed by atoms with Crippen molar-refractivity contribution in [2.24, 2.45) is 0 Å². The summed E-state index contributed by atoms with van der Waals surface area (Å²) in [5, 5.41) is 18.2. The normalized spacial score (nSPS) is 20.8. The van der Waals surface area contributed by atoms with Crippen molar-refractivity contribution in [2.45, 2.75) is 37.6 Å². The second-order valence-electron chi connectivity index (χ2n) is 7.51. The topological polar surface area (TPSA) is 109 Å². The van der Waals surface area contributed by atoms with E-state index in [2.05, 4.69) is 16.0 Å². The molecule has 170 valence electrons. The van der Waals surface area contributed by atoms with Crippen molar-refractivity contribution in [3.8, 4) is 5.75 Å². The van der Waals surface area contributed by atoms with Crippen molar-refractivity contribution in [1.82, 2.24) is 10.6 Å². The molecule has 0 saturated heterocycles. The van der Waals surface area contributed by atoms with Gasteiger partial charge in [0.1, 0.15) is 11.9 Å². The second-order valence-corrected chi connectivity index (χ2v) is 7.51. The van der Waals surface area contributed by atoms with Gasteiger partial charge in [-0.3, -0.25) is 4.79 Å². The quantitative estimate of drug-likeness (QED) is 0.473. The number of hydrogen-bond acceptors (Lipinski definition) is 5. The molecule has 0 saturated carbocycles. The standard InChI is InChI=1S/C24H29N3O5/c1-16(17-8-4-3-5-9-17)25-23(29)14-18-12-13-20(22(15-28)32-18)27-24(30)26-19-10-6-7-11-21(19)31-2/h3-13,16,18,20,22,28H,14-15H2,1-2H3,(H,25,29)(H2,26,27,30)/t16-,18+,20+,22-/m0/s1. The first kappa shape index (κ1) is 23.3. The molecule has 1 aliphatic rings. The van der Waals surface area contributed by atoms with Crippen molar-refractivity contribution in [1.29, 1.82) is 0 Å². The number of rotatable bonds is 8. The van der Waals surface area contributed by atoms with Crippen LogP contribution in [-0.2, 0) is 9.53 Å². The summed E-state index contributed by atoms with van der Waals surface area (Å²) < 4.78 is 11.1. The molecule has 0 unspecified atom stereocenters. The highest BCUT2D eigenvalue weighted by molar-refractivity contribution is 5.91. The fourth-order valence-electron chi connectivity index (χ4n) is 3.50. The molecule has 0 radical (unpaired) electrons. The summed E-state index contributed by atoms with van der Waals surface area (Å²) in [5.41, 5.74) is 1.54. The Morgan fingerprint density at radius 3 is 2.53 bits per heavy atom. The number of anilines is 1. The van der Waals surface area contributed by atoms with Crippen molar-refractivity contribution in [2.75, 3.05) is 19.0 Å². The highest BCUT2D eigenvalue weighted by atomic mass is 16.5. The smallest absolute Gasteiger partial charge is 0.319 e. The fourth-order valence-corrected chi connectivity index (χ4v) is 3.50. The molecule has 0 fully saturated rings. The third-order valence-corrected chi connectivity index (χ3v) is 5.18. The van der Waals surface area contributed by atoms with Crippen LogP contribution in [0.5, 0.6) is 5.75 Å². The summed E-state index contributed by atoms with van der Waals surface area (Å²) in [6, 6.07) is 15.6. The van der Waals surface area contributed by atoms with Gasteiger partial charge in [0.25, 0.3) is 0 Å². The maximum absolute atomic E-state index is 12.4. The maximum Gasteiger partial charge on any atom is 0.319 e. The van der Waals surface area contributed by atoms with Gasteiger partial charge in [-0.25, -0.2) is 4.79 Å². The van der Waals surface area contributed by atoms with Crippen LogP contribution in [0.15, 0.2) is 66.7 Å². The summed E-state index contributed by atoms with van der Waals surface area (Å²) in [7, 11) is 1.52. The van der Waals surface area contributed by atoms with E-state index in [1.165, 1.54) is 7.11 Å². The number of para-hydroxylation sites is 2. The lowest BCUT2D eigenvalue weighted by molar-refractivity contribution is -0.125. The molecule has 3 rings (SSSR count). The number of hydrogen-bond donors (Lipinski definition) is 4. The number of ether oxygens (including phenoxy) is 2. The van der Waals surface area contributed by atoms with Crippen LogP contribution in [0.1, 0.15) is 24.9 Å². The minimum Gasteiger partial charge on any atom is -0.495 e. The first-order chi connectivity index (χ1) is 15.5. The summed E-state index contributed by atoms with van der Waals surface area (Å²) in [6.07, 6.45) is 2.42. The number of carbonyl (C=O) groups excluding carboxylic acids is 2. The Morgan fingerprint density at radius 1 is 1.09 bits per heavy atom. The maximum atomic E-state index is 12.4. The third kappa shape index (κ3) is 6.32. The van der Waals surface area contributed by atoms with Crippen LogP contribution in [0.2, 0.25) is 0 Å². The fraction of sp³-hybridized carbons (Fsp3) is 0.333. The number of urea groups is 1. The van der Waals surface area contributed by atoms with Crippen LogP contribution in [0, 0.1) is 0 Å². The molecule has 0 aromatic heterocycles. The van der Waals surface area contributed by atoms with E-state index in [4.69, 9.17) is 9.47 Å². The van der Waals surface area contributed by atoms with Crippen LogP contribution in [0.25, 0.3) is 0 Å². The van der Waals surface area contributed by atoms with Crippen LogP contribution < -0.4 is 20.7 Å². The minimum atomic E-state index is -0.673. The SMILES string of the molecule is COc1ccccc1NC(=O)N[C@@H]1C=C[C@H](CC(=O)N[C@@H](C)c2ccccc2)O[C@H]1CO. The largest absolute Gasteiger partial charge is 0.495 e. The number of aliphatic hydroxyl groups excluding tert-OH is 1. The van der Waals surface area contributed by atoms with Gasteiger partial charge in [-0.1, -0.05) is 54.6 Å². The van der Waals surface area contributed by atoms with Crippen molar-refractivity contribution in [3.05, 3.63) is 72.3 Å². The summed E-state index contributed by atoms with van der Waals surface area (Å²) in [4.78, 5) is 24.8. The van der Waals surface area contributed by atoms with E-state index in [1.807, 2.05) is 37.3 Å². The molecule has 1 aliphatic heterocycles. The third-order valence-electron chi connectivity index (χ3n) is 5.18. The van der Waals surface area contributed by atoms with E-state index in [0.717, 1.165) is 5.56 Å². The molecule has 32 heavy (non-hydrogen) atoms. The van der Waals surface area contributed by atoms with Gasteiger partial charge in [0.15, 0.2) is 0 Å². The number of nitrogens with one attached hydrogen (secondary N) is 3. The number of amides is 3. The zero-order chi connectivity index (χ0) is 22.9. The number of methoxy groups -OCH3 is 1. The average Bonchev–Trinajstić information content (AvgIpc) is 2.80. The highest BCUT2D eigenvalue weighted by Gasteiger charge is 2.29. The predicted octanol–water partition coefficient (Wildman–Crippen LogP) is 2.77. The molecule has 8 nitrogen and oxygen atoms in total. The van der Waals surface area contributed by atoms with Gasteiger partial charge >= 0.3 is 6.03 Å². The van der Waals surface area contributed by atoms with Gasteiger partial charge in [0.2, 0.25) is 5.91 Å². The first-order valence-electron chi connectivity index (χ1n) is 10.5. The van der Waals surface area contributed by atoms with Gasteiger partial charge in [0.05, 0.1) is 44.0 Å². The summed E-state index contributed by atoms with van der Waals surface area (Å²) >= 11 is 0. The summed E-state index contributed by atoms with van der Waals surface area (Å²) in [6.45, 7) is 1.62. The lowest BCUT2D eigenvalue weighted by Gasteiger charge is -2.32. The van der Waals surface area contributed by atoms with Gasteiger partial charge in [-0.2, -0.15) is 0 Å². The Hall–Kier alpha value is -3.36. The molecule has 8 heteroatoms. The van der Waals surface area contributed by atoms with E-state index in [0.29, 0.717) is 11.4 Å². The van der Waals surface area contributed by atoms with E-state index < -0.39 is 24.3 Å². The first-order valence-corrected chi connectivity index (χ1v) is 10.5. The van der Waals surface area contributed by atoms with Gasteiger partial charge in [-0.15, -0.1) is 0 Å². The molecular formula is C24H29N3O5. The van der Waals surface area contributed by atoms with E-state index >= 15 is 0 Å². The predicted molar refractivity (Wildman–Crippen MR) is 121 cm³/mol. The zero-order valence-electron chi connectivity index (χ0n) is 18.2. The average molecular weight is 440 g/mol. The van der Waals surface area contributed by atoms with Gasteiger partial charge < -0.3 is 30.5 Å². The Labute approximate surface area is 187 Å². The molecule has 3 amide bonds. The molecule has 2 aromatic carbocycles. The molecule has 0 spiro atoms. The Morgan fingerprint density at radius 2 is 1.81 bits per heavy atom. The van der Waals surface area contributed by atoms with E-state index in [9.17, 15) is 14.7 Å². The van der Waals surface area contributed by atoms with E-state index in [-0.39, 0.29) is 25.0 Å². The molecule has 1 heterocycles. The number of benzene rings is 2. The van der Waals surface area contributed by atoms with Gasteiger partial charge in [-0.05, 0) is 24.6 Å². The molecular weight excluding hydrogens is 410 g/mol. The van der Waals surface area contributed by atoms with Crippen LogP contribution >= 0.6 is 0 Å². The highest BCUT2D eigenvalue weighted by Crippen LogP contribution is 2.23. The lowest BCUT2D eigenvalue weighted by atomic mass is 10.0. The molecule has 0 aliphatic carbocycles. The lowest BCUT2D eigenvalue weighted by Crippen LogP contribution is -2.50. The van der Waals surface area contributed by atoms with E-state index in [1.54, 1.807) is 36.4 Å². The zero-order valence-corrected chi connectivity index (χ0v) is 18.2. The van der Waals surface area contributed by atoms with Crippen molar-refractivity contribution >= 4 is 17.6 Å². The summed E-state index contributed by atoms with van der Waals surface area (Å²) in [5.74, 6) is 0.376. The van der Waals surface area contributed by atoms with Crippen LogP contribution in [0.4, 0.5) is 10.5 Å². The second kappa shape index (κ2) is 11.3. The van der Waals surface area contributed by atoms with Crippen LogP contribution in [0.3, 0.4) is 0 Å². The Bertz CT molecular complexity index is 934. The Kier molecular flexibility index (Phi) is 8.24. The molecule has 2 aromatic rings. The Balaban J connectivity index is 1.53. The molecule has 4 N–H and O–H groups in total. The van der Waals surface area contributed by atoms with Crippen molar-refractivity contribution in [3.63, 3.8) is 0 Å². The van der Waals surface area contributed by atoms with Crippen LogP contribution in [-0.4, -0.2) is 49.0 Å². The monoisotopic (exact) mass is 439 g/mol.